The van der Waals surface area contributed by atoms with Crippen LogP contribution in [0.2, 0.25) is 0 Å². The van der Waals surface area contributed by atoms with Crippen LogP contribution in [-0.2, 0) is 9.84 Å². The SMILES string of the molecule is CC(C)S(=O)(=O)CCNCCCCO. The summed E-state index contributed by atoms with van der Waals surface area (Å²) in [6.07, 6.45) is 1.65. The third kappa shape index (κ3) is 6.34. The summed E-state index contributed by atoms with van der Waals surface area (Å²) in [5.74, 6) is 0.198. The Kier molecular flexibility index (Phi) is 7.13. The molecule has 0 spiro atoms. The lowest BCUT2D eigenvalue weighted by molar-refractivity contribution is 0.284. The molecule has 0 aromatic rings. The van der Waals surface area contributed by atoms with Gasteiger partial charge < -0.3 is 10.4 Å². The summed E-state index contributed by atoms with van der Waals surface area (Å²) in [6, 6.07) is 0. The molecule has 0 aliphatic rings. The number of rotatable bonds is 8. The number of unbranched alkanes of at least 4 members (excludes halogenated alkanes) is 1. The molecule has 0 radical (unpaired) electrons. The predicted molar refractivity (Wildman–Crippen MR) is 58.1 cm³/mol. The van der Waals surface area contributed by atoms with Crippen molar-refractivity contribution in [1.82, 2.24) is 5.32 Å². The molecule has 4 nitrogen and oxygen atoms in total. The van der Waals surface area contributed by atoms with Crippen LogP contribution >= 0.6 is 0 Å². The van der Waals surface area contributed by atoms with Gasteiger partial charge in [-0.3, -0.25) is 0 Å². The van der Waals surface area contributed by atoms with Gasteiger partial charge in [0.25, 0.3) is 0 Å². The molecule has 0 aliphatic heterocycles. The van der Waals surface area contributed by atoms with Crippen molar-refractivity contribution in [1.29, 1.82) is 0 Å². The minimum Gasteiger partial charge on any atom is -0.396 e. The quantitative estimate of drug-likeness (QED) is 0.576. The van der Waals surface area contributed by atoms with Crippen molar-refractivity contribution in [3.05, 3.63) is 0 Å². The van der Waals surface area contributed by atoms with E-state index in [4.69, 9.17) is 5.11 Å². The molecule has 0 bridgehead atoms. The van der Waals surface area contributed by atoms with Crippen LogP contribution < -0.4 is 5.32 Å². The van der Waals surface area contributed by atoms with Crippen molar-refractivity contribution in [3.8, 4) is 0 Å². The molecular formula is C9H21NO3S. The zero-order valence-electron chi connectivity index (χ0n) is 8.99. The average molecular weight is 223 g/mol. The first kappa shape index (κ1) is 13.9. The Hall–Kier alpha value is -0.130. The zero-order chi connectivity index (χ0) is 11.0. The maximum atomic E-state index is 11.3. The molecule has 86 valence electrons. The largest absolute Gasteiger partial charge is 0.396 e. The molecule has 0 fully saturated rings. The van der Waals surface area contributed by atoms with E-state index in [0.29, 0.717) is 6.54 Å². The fourth-order valence-electron chi connectivity index (χ4n) is 0.937. The molecule has 0 aromatic heterocycles. The summed E-state index contributed by atoms with van der Waals surface area (Å²) >= 11 is 0. The standard InChI is InChI=1S/C9H21NO3S/c1-9(2)14(12,13)8-6-10-5-3-4-7-11/h9-11H,3-8H2,1-2H3. The Balaban J connectivity index is 3.46. The summed E-state index contributed by atoms with van der Waals surface area (Å²) in [5, 5.41) is 11.3. The van der Waals surface area contributed by atoms with Gasteiger partial charge in [-0.05, 0) is 33.2 Å². The molecular weight excluding hydrogens is 202 g/mol. The summed E-state index contributed by atoms with van der Waals surface area (Å²) in [5.41, 5.74) is 0. The fraction of sp³-hybridized carbons (Fsp3) is 1.00. The second-order valence-corrected chi connectivity index (χ2v) is 6.27. The molecule has 0 atom stereocenters. The van der Waals surface area contributed by atoms with Crippen molar-refractivity contribution in [3.63, 3.8) is 0 Å². The Labute approximate surface area is 86.6 Å². The van der Waals surface area contributed by atoms with E-state index < -0.39 is 9.84 Å². The van der Waals surface area contributed by atoms with Gasteiger partial charge in [-0.25, -0.2) is 8.42 Å². The topological polar surface area (TPSA) is 66.4 Å². The lowest BCUT2D eigenvalue weighted by atomic mass is 10.3. The number of nitrogens with one attached hydrogen (secondary N) is 1. The number of aliphatic hydroxyl groups is 1. The predicted octanol–water partition coefficient (Wildman–Crippen LogP) is 0.172. The molecule has 0 saturated heterocycles. The second-order valence-electron chi connectivity index (χ2n) is 3.60. The fourth-order valence-corrected chi connectivity index (χ4v) is 1.84. The van der Waals surface area contributed by atoms with Gasteiger partial charge in [0.05, 0.1) is 11.0 Å². The van der Waals surface area contributed by atoms with Crippen LogP contribution in [-0.4, -0.2) is 44.2 Å². The second kappa shape index (κ2) is 7.20. The van der Waals surface area contributed by atoms with Gasteiger partial charge >= 0.3 is 0 Å². The third-order valence-corrected chi connectivity index (χ3v) is 4.25. The first-order valence-corrected chi connectivity index (χ1v) is 6.75. The van der Waals surface area contributed by atoms with Gasteiger partial charge in [0, 0.05) is 13.2 Å². The van der Waals surface area contributed by atoms with Crippen LogP contribution in [0.1, 0.15) is 26.7 Å². The zero-order valence-corrected chi connectivity index (χ0v) is 9.81. The monoisotopic (exact) mass is 223 g/mol. The van der Waals surface area contributed by atoms with E-state index in [2.05, 4.69) is 5.32 Å². The molecule has 0 saturated carbocycles. The highest BCUT2D eigenvalue weighted by molar-refractivity contribution is 7.92. The van der Waals surface area contributed by atoms with Gasteiger partial charge in [-0.2, -0.15) is 0 Å². The molecule has 2 N–H and O–H groups in total. The summed E-state index contributed by atoms with van der Waals surface area (Å²) in [4.78, 5) is 0. The molecule has 14 heavy (non-hydrogen) atoms. The summed E-state index contributed by atoms with van der Waals surface area (Å²) < 4.78 is 22.7. The minimum absolute atomic E-state index is 0.198. The van der Waals surface area contributed by atoms with Crippen LogP contribution in [0.4, 0.5) is 0 Å². The van der Waals surface area contributed by atoms with Gasteiger partial charge in [-0.15, -0.1) is 0 Å². The number of sulfone groups is 1. The Bertz CT molecular complexity index is 224. The highest BCUT2D eigenvalue weighted by Gasteiger charge is 2.14. The number of aliphatic hydroxyl groups excluding tert-OH is 1. The molecule has 0 heterocycles. The van der Waals surface area contributed by atoms with Crippen LogP contribution in [0, 0.1) is 0 Å². The lowest BCUT2D eigenvalue weighted by Gasteiger charge is -2.08. The smallest absolute Gasteiger partial charge is 0.153 e. The third-order valence-electron chi connectivity index (χ3n) is 2.04. The molecule has 0 aromatic carbocycles. The van der Waals surface area contributed by atoms with Crippen LogP contribution in [0.5, 0.6) is 0 Å². The average Bonchev–Trinajstić information content (AvgIpc) is 2.10. The van der Waals surface area contributed by atoms with E-state index in [1.54, 1.807) is 13.8 Å². The van der Waals surface area contributed by atoms with E-state index in [9.17, 15) is 8.42 Å². The maximum Gasteiger partial charge on any atom is 0.153 e. The van der Waals surface area contributed by atoms with Gasteiger partial charge in [0.15, 0.2) is 9.84 Å². The van der Waals surface area contributed by atoms with Crippen molar-refractivity contribution in [2.75, 3.05) is 25.4 Å². The van der Waals surface area contributed by atoms with Gasteiger partial charge in [0.2, 0.25) is 0 Å². The van der Waals surface area contributed by atoms with Gasteiger partial charge in [0.1, 0.15) is 0 Å². The number of hydrogen-bond acceptors (Lipinski definition) is 4. The maximum absolute atomic E-state index is 11.3. The van der Waals surface area contributed by atoms with Gasteiger partial charge in [-0.1, -0.05) is 0 Å². The summed E-state index contributed by atoms with van der Waals surface area (Å²) in [7, 11) is -2.90. The van der Waals surface area contributed by atoms with Crippen LogP contribution in [0.25, 0.3) is 0 Å². The number of hydrogen-bond donors (Lipinski definition) is 2. The Morgan fingerprint density at radius 1 is 1.21 bits per heavy atom. The van der Waals surface area contributed by atoms with E-state index >= 15 is 0 Å². The Morgan fingerprint density at radius 2 is 1.86 bits per heavy atom. The highest BCUT2D eigenvalue weighted by atomic mass is 32.2. The van der Waals surface area contributed by atoms with Crippen molar-refractivity contribution >= 4 is 9.84 Å². The van der Waals surface area contributed by atoms with Crippen molar-refractivity contribution < 1.29 is 13.5 Å². The Morgan fingerprint density at radius 3 is 2.36 bits per heavy atom. The first-order chi connectivity index (χ1) is 6.50. The van der Waals surface area contributed by atoms with E-state index in [0.717, 1.165) is 19.4 Å². The molecule has 0 unspecified atom stereocenters. The van der Waals surface area contributed by atoms with E-state index in [1.807, 2.05) is 0 Å². The van der Waals surface area contributed by atoms with Crippen LogP contribution in [0.3, 0.4) is 0 Å². The highest BCUT2D eigenvalue weighted by Crippen LogP contribution is 1.98. The van der Waals surface area contributed by atoms with E-state index in [1.165, 1.54) is 0 Å². The molecule has 0 amide bonds. The minimum atomic E-state index is -2.90. The summed E-state index contributed by atoms with van der Waals surface area (Å²) in [6.45, 7) is 4.87. The molecule has 0 aliphatic carbocycles. The van der Waals surface area contributed by atoms with Crippen molar-refractivity contribution in [2.24, 2.45) is 0 Å². The lowest BCUT2D eigenvalue weighted by Crippen LogP contribution is -2.27. The molecule has 0 rings (SSSR count). The van der Waals surface area contributed by atoms with E-state index in [-0.39, 0.29) is 17.6 Å². The normalized spacial score (nSPS) is 12.3. The first-order valence-electron chi connectivity index (χ1n) is 5.04. The molecule has 5 heteroatoms. The van der Waals surface area contributed by atoms with Crippen molar-refractivity contribution in [2.45, 2.75) is 31.9 Å². The van der Waals surface area contributed by atoms with Crippen LogP contribution in [0.15, 0.2) is 0 Å².